The van der Waals surface area contributed by atoms with E-state index in [1.54, 1.807) is 48.5 Å². The van der Waals surface area contributed by atoms with Crippen LogP contribution in [0, 0.1) is 10.1 Å². The van der Waals surface area contributed by atoms with Crippen molar-refractivity contribution in [1.29, 1.82) is 0 Å². The first-order valence-electron chi connectivity index (χ1n) is 9.45. The summed E-state index contributed by atoms with van der Waals surface area (Å²) in [5.74, 6) is -1.09. The summed E-state index contributed by atoms with van der Waals surface area (Å²) in [6, 6.07) is 18.9. The van der Waals surface area contributed by atoms with E-state index < -0.39 is 28.6 Å². The van der Waals surface area contributed by atoms with E-state index in [1.807, 2.05) is 0 Å². The molecule has 0 bridgehead atoms. The first kappa shape index (κ1) is 20.7. The number of fused-ring (bicyclic) bond motifs is 1. The largest absolute Gasteiger partial charge is 0.375 e. The number of hydrogen-bond donors (Lipinski definition) is 1. The number of Topliss-reactive ketones (excluding diaryl/α,β-unsaturated/α-hetero) is 1. The average molecular weight is 437 g/mol. The Kier molecular flexibility index (Phi) is 5.31. The van der Waals surface area contributed by atoms with Crippen LogP contribution in [0.25, 0.3) is 0 Å². The van der Waals surface area contributed by atoms with Crippen LogP contribution in [0.1, 0.15) is 27.9 Å². The molecule has 1 heterocycles. The highest BCUT2D eigenvalue weighted by Crippen LogP contribution is 2.43. The Balaban J connectivity index is 1.63. The van der Waals surface area contributed by atoms with E-state index in [1.165, 1.54) is 29.2 Å². The monoisotopic (exact) mass is 436 g/mol. The minimum atomic E-state index is -2.03. The summed E-state index contributed by atoms with van der Waals surface area (Å²) in [6.45, 7) is 0.209. The molecule has 1 aliphatic heterocycles. The van der Waals surface area contributed by atoms with E-state index >= 15 is 0 Å². The second-order valence-electron chi connectivity index (χ2n) is 7.30. The summed E-state index contributed by atoms with van der Waals surface area (Å²) in [5, 5.41) is 22.7. The molecule has 0 radical (unpaired) electrons. The van der Waals surface area contributed by atoms with Crippen molar-refractivity contribution >= 4 is 34.7 Å². The molecule has 0 spiro atoms. The minimum Gasteiger partial charge on any atom is -0.375 e. The Bertz CT molecular complexity index is 1180. The molecule has 156 valence electrons. The van der Waals surface area contributed by atoms with Gasteiger partial charge in [-0.1, -0.05) is 41.9 Å². The van der Waals surface area contributed by atoms with Crippen LogP contribution in [-0.4, -0.2) is 21.7 Å². The number of para-hydroxylation sites is 1. The fraction of sp³-hybridized carbons (Fsp3) is 0.130. The maximum Gasteiger partial charge on any atom is 0.269 e. The fourth-order valence-electron chi connectivity index (χ4n) is 3.71. The molecule has 0 saturated carbocycles. The molecule has 1 N–H and O–H groups in total. The first-order chi connectivity index (χ1) is 14.8. The summed E-state index contributed by atoms with van der Waals surface area (Å²) in [5.41, 5.74) is -0.293. The standard InChI is InChI=1S/C23H17ClN2O5/c24-17-9-5-15(6-10-17)14-25-20-4-2-1-3-19(20)23(29,22(25)28)13-21(27)16-7-11-18(12-8-16)26(30)31/h1-12,29H,13-14H2. The van der Waals surface area contributed by atoms with Crippen LogP contribution in [0.3, 0.4) is 0 Å². The molecule has 1 aliphatic rings. The van der Waals surface area contributed by atoms with Crippen LogP contribution < -0.4 is 4.90 Å². The van der Waals surface area contributed by atoms with Gasteiger partial charge in [0, 0.05) is 28.3 Å². The van der Waals surface area contributed by atoms with Gasteiger partial charge in [0.1, 0.15) is 0 Å². The van der Waals surface area contributed by atoms with Crippen molar-refractivity contribution in [3.63, 3.8) is 0 Å². The van der Waals surface area contributed by atoms with Gasteiger partial charge in [0.25, 0.3) is 11.6 Å². The topological polar surface area (TPSA) is 101 Å². The SMILES string of the molecule is O=C(CC1(O)C(=O)N(Cc2ccc(Cl)cc2)c2ccccc21)c1ccc([N+](=O)[O-])cc1. The smallest absolute Gasteiger partial charge is 0.269 e. The second kappa shape index (κ2) is 7.94. The Morgan fingerprint density at radius 1 is 1.03 bits per heavy atom. The van der Waals surface area contributed by atoms with Gasteiger partial charge < -0.3 is 10.0 Å². The number of ketones is 1. The van der Waals surface area contributed by atoms with Crippen LogP contribution in [0.2, 0.25) is 5.02 Å². The summed E-state index contributed by atoms with van der Waals surface area (Å²) in [4.78, 5) is 37.8. The molecule has 1 atom stereocenters. The van der Waals surface area contributed by atoms with Gasteiger partial charge in [-0.2, -0.15) is 0 Å². The number of nitrogens with zero attached hydrogens (tertiary/aromatic N) is 2. The second-order valence-corrected chi connectivity index (χ2v) is 7.74. The lowest BCUT2D eigenvalue weighted by Gasteiger charge is -2.23. The zero-order valence-electron chi connectivity index (χ0n) is 16.2. The van der Waals surface area contributed by atoms with Crippen molar-refractivity contribution in [2.24, 2.45) is 0 Å². The number of halogens is 1. The molecule has 8 heteroatoms. The third kappa shape index (κ3) is 3.81. The number of anilines is 1. The molecule has 1 unspecified atom stereocenters. The summed E-state index contributed by atoms with van der Waals surface area (Å²) >= 11 is 5.93. The molecule has 4 rings (SSSR count). The molecule has 0 saturated heterocycles. The number of carbonyl (C=O) groups excluding carboxylic acids is 2. The highest BCUT2D eigenvalue weighted by Gasteiger charge is 2.50. The number of rotatable bonds is 6. The van der Waals surface area contributed by atoms with Crippen LogP contribution in [0.5, 0.6) is 0 Å². The van der Waals surface area contributed by atoms with E-state index in [9.17, 15) is 24.8 Å². The van der Waals surface area contributed by atoms with Gasteiger partial charge in [-0.05, 0) is 35.9 Å². The normalized spacial score (nSPS) is 17.5. The van der Waals surface area contributed by atoms with Gasteiger partial charge in [-0.15, -0.1) is 0 Å². The maximum absolute atomic E-state index is 13.3. The third-order valence-corrected chi connectivity index (χ3v) is 5.56. The number of nitro benzene ring substituents is 1. The number of non-ortho nitro benzene ring substituents is 1. The molecule has 3 aromatic carbocycles. The van der Waals surface area contributed by atoms with Crippen LogP contribution >= 0.6 is 11.6 Å². The van der Waals surface area contributed by atoms with Crippen molar-refractivity contribution < 1.29 is 19.6 Å². The third-order valence-electron chi connectivity index (χ3n) is 5.31. The first-order valence-corrected chi connectivity index (χ1v) is 9.83. The number of carbonyl (C=O) groups is 2. The summed E-state index contributed by atoms with van der Waals surface area (Å²) in [6.07, 6.45) is -0.474. The number of benzene rings is 3. The molecule has 0 aromatic heterocycles. The number of nitro groups is 1. The van der Waals surface area contributed by atoms with Gasteiger partial charge in [-0.3, -0.25) is 19.7 Å². The van der Waals surface area contributed by atoms with Gasteiger partial charge in [-0.25, -0.2) is 0 Å². The van der Waals surface area contributed by atoms with Crippen LogP contribution in [0.4, 0.5) is 11.4 Å². The molecular formula is C23H17ClN2O5. The average Bonchev–Trinajstić information content (AvgIpc) is 2.97. The van der Waals surface area contributed by atoms with Crippen molar-refractivity contribution in [3.05, 3.63) is 105 Å². The molecule has 7 nitrogen and oxygen atoms in total. The quantitative estimate of drug-likeness (QED) is 0.353. The predicted molar refractivity (Wildman–Crippen MR) is 115 cm³/mol. The molecular weight excluding hydrogens is 420 g/mol. The predicted octanol–water partition coefficient (Wildman–Crippen LogP) is 4.26. The van der Waals surface area contributed by atoms with E-state index in [0.29, 0.717) is 16.3 Å². The Labute approximate surface area is 182 Å². The number of aliphatic hydroxyl groups is 1. The maximum atomic E-state index is 13.3. The number of amides is 1. The highest BCUT2D eigenvalue weighted by molar-refractivity contribution is 6.30. The van der Waals surface area contributed by atoms with Gasteiger partial charge in [0.05, 0.1) is 23.6 Å². The summed E-state index contributed by atoms with van der Waals surface area (Å²) in [7, 11) is 0. The lowest BCUT2D eigenvalue weighted by Crippen LogP contribution is -2.41. The highest BCUT2D eigenvalue weighted by atomic mass is 35.5. The van der Waals surface area contributed by atoms with Crippen molar-refractivity contribution in [2.45, 2.75) is 18.6 Å². The van der Waals surface area contributed by atoms with Crippen LogP contribution in [0.15, 0.2) is 72.8 Å². The zero-order chi connectivity index (χ0) is 22.2. The molecule has 3 aromatic rings. The zero-order valence-corrected chi connectivity index (χ0v) is 17.0. The Hall–Kier alpha value is -3.55. The van der Waals surface area contributed by atoms with Crippen molar-refractivity contribution in [2.75, 3.05) is 4.90 Å². The molecule has 1 amide bonds. The van der Waals surface area contributed by atoms with Crippen molar-refractivity contribution in [1.82, 2.24) is 0 Å². The van der Waals surface area contributed by atoms with Gasteiger partial charge >= 0.3 is 0 Å². The molecule has 31 heavy (non-hydrogen) atoms. The lowest BCUT2D eigenvalue weighted by molar-refractivity contribution is -0.384. The summed E-state index contributed by atoms with van der Waals surface area (Å²) < 4.78 is 0. The minimum absolute atomic E-state index is 0.147. The van der Waals surface area contributed by atoms with E-state index in [4.69, 9.17) is 11.6 Å². The van der Waals surface area contributed by atoms with E-state index in [-0.39, 0.29) is 17.8 Å². The Morgan fingerprint density at radius 3 is 2.32 bits per heavy atom. The van der Waals surface area contributed by atoms with Crippen molar-refractivity contribution in [3.8, 4) is 0 Å². The van der Waals surface area contributed by atoms with Gasteiger partial charge in [0.15, 0.2) is 11.4 Å². The van der Waals surface area contributed by atoms with E-state index in [0.717, 1.165) is 5.56 Å². The van der Waals surface area contributed by atoms with Crippen LogP contribution in [-0.2, 0) is 16.9 Å². The fourth-order valence-corrected chi connectivity index (χ4v) is 3.84. The van der Waals surface area contributed by atoms with E-state index in [2.05, 4.69) is 0 Å². The van der Waals surface area contributed by atoms with Gasteiger partial charge in [0.2, 0.25) is 0 Å². The Morgan fingerprint density at radius 2 is 1.68 bits per heavy atom. The lowest BCUT2D eigenvalue weighted by atomic mass is 9.88. The molecule has 0 aliphatic carbocycles. The molecule has 0 fully saturated rings. The number of hydrogen-bond acceptors (Lipinski definition) is 5.